The number of amides is 1. The molecular weight excluding hydrogens is 242 g/mol. The number of rotatable bonds is 4. The minimum absolute atomic E-state index is 0.0765. The Hall–Kier alpha value is -2.28. The van der Waals surface area contributed by atoms with E-state index in [4.69, 9.17) is 11.5 Å². The molecule has 1 aromatic rings. The fourth-order valence-electron chi connectivity index (χ4n) is 2.28. The van der Waals surface area contributed by atoms with Gasteiger partial charge in [0.1, 0.15) is 0 Å². The molecule has 1 heterocycles. The van der Waals surface area contributed by atoms with Crippen molar-refractivity contribution in [3.8, 4) is 12.3 Å². The van der Waals surface area contributed by atoms with Gasteiger partial charge in [0.2, 0.25) is 5.91 Å². The number of aryl methyl sites for hydroxylation is 1. The molecule has 1 aromatic carbocycles. The lowest BCUT2D eigenvalue weighted by atomic mass is 9.98. The van der Waals surface area contributed by atoms with Crippen LogP contribution in [0.5, 0.6) is 0 Å². The zero-order chi connectivity index (χ0) is 13.8. The van der Waals surface area contributed by atoms with Crippen molar-refractivity contribution in [1.29, 1.82) is 0 Å². The number of nitrogens with zero attached hydrogens (tertiary/aromatic N) is 1. The zero-order valence-corrected chi connectivity index (χ0v) is 10.6. The zero-order valence-electron chi connectivity index (χ0n) is 10.6. The van der Waals surface area contributed by atoms with Crippen molar-refractivity contribution in [2.24, 2.45) is 0 Å². The number of terminal acetylenes is 1. The fraction of sp³-hybridized carbons (Fsp3) is 0.333. The standard InChI is InChI=1S/C15H15NO3/c1-2-3-4-9-16-13-7-5-12(15(18)19)10-11(13)6-8-14(16)17/h1,5,7,10H,3-4,6,8-9H2,(H,18,19). The van der Waals surface area contributed by atoms with Crippen molar-refractivity contribution in [3.05, 3.63) is 29.3 Å². The summed E-state index contributed by atoms with van der Waals surface area (Å²) in [7, 11) is 0. The molecule has 0 aliphatic carbocycles. The largest absolute Gasteiger partial charge is 0.478 e. The Morgan fingerprint density at radius 3 is 2.89 bits per heavy atom. The molecule has 1 aliphatic rings. The van der Waals surface area contributed by atoms with Crippen LogP contribution in [0.1, 0.15) is 35.2 Å². The number of fused-ring (bicyclic) bond motifs is 1. The van der Waals surface area contributed by atoms with Gasteiger partial charge in [-0.15, -0.1) is 12.3 Å². The lowest BCUT2D eigenvalue weighted by Gasteiger charge is -2.29. The van der Waals surface area contributed by atoms with E-state index >= 15 is 0 Å². The summed E-state index contributed by atoms with van der Waals surface area (Å²) in [5.41, 5.74) is 2.00. The lowest BCUT2D eigenvalue weighted by molar-refractivity contribution is -0.118. The minimum Gasteiger partial charge on any atom is -0.478 e. The van der Waals surface area contributed by atoms with Crippen molar-refractivity contribution < 1.29 is 14.7 Å². The van der Waals surface area contributed by atoms with Crippen molar-refractivity contribution in [2.75, 3.05) is 11.4 Å². The Labute approximate surface area is 112 Å². The number of carbonyl (C=O) groups excluding carboxylic acids is 1. The molecule has 4 heteroatoms. The van der Waals surface area contributed by atoms with Gasteiger partial charge in [0.25, 0.3) is 0 Å². The molecule has 0 saturated carbocycles. The first-order valence-corrected chi connectivity index (χ1v) is 6.23. The maximum atomic E-state index is 11.9. The molecule has 0 unspecified atom stereocenters. The summed E-state index contributed by atoms with van der Waals surface area (Å²) in [5, 5.41) is 8.97. The minimum atomic E-state index is -0.946. The third-order valence-corrected chi connectivity index (χ3v) is 3.23. The van der Waals surface area contributed by atoms with Gasteiger partial charge >= 0.3 is 5.97 Å². The van der Waals surface area contributed by atoms with Crippen molar-refractivity contribution in [3.63, 3.8) is 0 Å². The van der Waals surface area contributed by atoms with E-state index in [0.29, 0.717) is 25.8 Å². The first-order valence-electron chi connectivity index (χ1n) is 6.23. The van der Waals surface area contributed by atoms with Gasteiger partial charge in [0, 0.05) is 25.1 Å². The Kier molecular flexibility index (Phi) is 3.86. The normalized spacial score (nSPS) is 13.8. The van der Waals surface area contributed by atoms with Crippen molar-refractivity contribution >= 4 is 17.6 Å². The highest BCUT2D eigenvalue weighted by molar-refractivity contribution is 5.97. The number of unbranched alkanes of at least 4 members (excludes halogenated alkanes) is 1. The number of anilines is 1. The molecule has 0 spiro atoms. The lowest BCUT2D eigenvalue weighted by Crippen LogP contribution is -2.36. The van der Waals surface area contributed by atoms with Crippen LogP contribution in [0.2, 0.25) is 0 Å². The molecule has 1 amide bonds. The number of carboxylic acid groups (broad SMARTS) is 1. The second kappa shape index (κ2) is 5.57. The van der Waals surface area contributed by atoms with Gasteiger partial charge in [0.05, 0.1) is 5.56 Å². The van der Waals surface area contributed by atoms with E-state index < -0.39 is 5.97 Å². The second-order valence-corrected chi connectivity index (χ2v) is 4.50. The molecule has 0 radical (unpaired) electrons. The molecule has 2 rings (SSSR count). The first kappa shape index (κ1) is 13.2. The van der Waals surface area contributed by atoms with Gasteiger partial charge < -0.3 is 10.0 Å². The summed E-state index contributed by atoms with van der Waals surface area (Å²) in [6, 6.07) is 4.90. The van der Waals surface area contributed by atoms with Crippen LogP contribution in [0.4, 0.5) is 5.69 Å². The quantitative estimate of drug-likeness (QED) is 0.663. The molecule has 1 N–H and O–H groups in total. The maximum absolute atomic E-state index is 11.9. The number of aromatic carboxylic acids is 1. The number of hydrogen-bond donors (Lipinski definition) is 1. The van der Waals surface area contributed by atoms with E-state index in [1.807, 2.05) is 0 Å². The van der Waals surface area contributed by atoms with Crippen LogP contribution in [0.3, 0.4) is 0 Å². The van der Waals surface area contributed by atoms with E-state index in [9.17, 15) is 9.59 Å². The van der Waals surface area contributed by atoms with Crippen LogP contribution < -0.4 is 4.90 Å². The van der Waals surface area contributed by atoms with E-state index in [-0.39, 0.29) is 11.5 Å². The number of carbonyl (C=O) groups is 2. The van der Waals surface area contributed by atoms with Gasteiger partial charge in [-0.2, -0.15) is 0 Å². The molecule has 4 nitrogen and oxygen atoms in total. The van der Waals surface area contributed by atoms with Crippen LogP contribution in [0, 0.1) is 12.3 Å². The summed E-state index contributed by atoms with van der Waals surface area (Å²) < 4.78 is 0. The number of carboxylic acids is 1. The average Bonchev–Trinajstić information content (AvgIpc) is 2.40. The van der Waals surface area contributed by atoms with Crippen LogP contribution in [-0.2, 0) is 11.2 Å². The highest BCUT2D eigenvalue weighted by Crippen LogP contribution is 2.29. The van der Waals surface area contributed by atoms with Crippen LogP contribution in [-0.4, -0.2) is 23.5 Å². The molecular formula is C15H15NO3. The SMILES string of the molecule is C#CCCCN1C(=O)CCc2cc(C(=O)O)ccc21. The molecule has 1 aliphatic heterocycles. The second-order valence-electron chi connectivity index (χ2n) is 4.50. The Bertz CT molecular complexity index is 557. The molecule has 98 valence electrons. The first-order chi connectivity index (χ1) is 9.13. The summed E-state index contributed by atoms with van der Waals surface area (Å²) in [4.78, 5) is 24.6. The van der Waals surface area contributed by atoms with Crippen LogP contribution >= 0.6 is 0 Å². The van der Waals surface area contributed by atoms with E-state index in [2.05, 4.69) is 5.92 Å². The molecule has 0 fully saturated rings. The Balaban J connectivity index is 2.26. The highest BCUT2D eigenvalue weighted by atomic mass is 16.4. The van der Waals surface area contributed by atoms with E-state index in [1.165, 1.54) is 6.07 Å². The highest BCUT2D eigenvalue weighted by Gasteiger charge is 2.24. The smallest absolute Gasteiger partial charge is 0.335 e. The molecule has 19 heavy (non-hydrogen) atoms. The van der Waals surface area contributed by atoms with Gasteiger partial charge in [-0.1, -0.05) is 0 Å². The summed E-state index contributed by atoms with van der Waals surface area (Å²) in [6.07, 6.45) is 7.61. The van der Waals surface area contributed by atoms with Gasteiger partial charge in [-0.25, -0.2) is 4.79 Å². The monoisotopic (exact) mass is 257 g/mol. The predicted molar refractivity (Wildman–Crippen MR) is 72.1 cm³/mol. The van der Waals surface area contributed by atoms with E-state index in [1.54, 1.807) is 17.0 Å². The number of benzene rings is 1. The van der Waals surface area contributed by atoms with Gasteiger partial charge in [-0.3, -0.25) is 4.79 Å². The molecule has 0 saturated heterocycles. The summed E-state index contributed by atoms with van der Waals surface area (Å²) in [6.45, 7) is 0.586. The average molecular weight is 257 g/mol. The van der Waals surface area contributed by atoms with Crippen LogP contribution in [0.15, 0.2) is 18.2 Å². The number of hydrogen-bond acceptors (Lipinski definition) is 2. The van der Waals surface area contributed by atoms with E-state index in [0.717, 1.165) is 17.7 Å². The summed E-state index contributed by atoms with van der Waals surface area (Å²) >= 11 is 0. The topological polar surface area (TPSA) is 57.6 Å². The molecule has 0 atom stereocenters. The van der Waals surface area contributed by atoms with Gasteiger partial charge in [0.15, 0.2) is 0 Å². The summed E-state index contributed by atoms with van der Waals surface area (Å²) in [5.74, 6) is 1.69. The third kappa shape index (κ3) is 2.76. The molecule has 0 aromatic heterocycles. The fourth-order valence-corrected chi connectivity index (χ4v) is 2.28. The van der Waals surface area contributed by atoms with Gasteiger partial charge in [-0.05, 0) is 36.6 Å². The predicted octanol–water partition coefficient (Wildman–Crippen LogP) is 2.08. The third-order valence-electron chi connectivity index (χ3n) is 3.23. The maximum Gasteiger partial charge on any atom is 0.335 e. The van der Waals surface area contributed by atoms with Crippen molar-refractivity contribution in [1.82, 2.24) is 0 Å². The Morgan fingerprint density at radius 2 is 2.21 bits per heavy atom. The molecule has 0 bridgehead atoms. The Morgan fingerprint density at radius 1 is 1.42 bits per heavy atom. The van der Waals surface area contributed by atoms with Crippen LogP contribution in [0.25, 0.3) is 0 Å². The van der Waals surface area contributed by atoms with Crippen molar-refractivity contribution in [2.45, 2.75) is 25.7 Å².